The fourth-order valence-electron chi connectivity index (χ4n) is 1.56. The standard InChI is InChI=1S/C12H6BrClF2N2O2/c13-4-1-2-5(6(15)3-4)10-8(16)9(17)7(14)11(18-10)12(19)20/h1-3H,(H2,17,18)(H,19,20). The van der Waals surface area contributed by atoms with Crippen LogP contribution in [0.4, 0.5) is 14.5 Å². The third-order valence-electron chi connectivity index (χ3n) is 2.50. The first kappa shape index (κ1) is 14.7. The Bertz CT molecular complexity index is 725. The molecule has 0 aliphatic carbocycles. The summed E-state index contributed by atoms with van der Waals surface area (Å²) in [6.07, 6.45) is 0. The number of benzene rings is 1. The van der Waals surface area contributed by atoms with E-state index in [0.717, 1.165) is 6.07 Å². The van der Waals surface area contributed by atoms with Gasteiger partial charge in [0.15, 0.2) is 11.5 Å². The van der Waals surface area contributed by atoms with Crippen LogP contribution in [-0.4, -0.2) is 16.1 Å². The third kappa shape index (κ3) is 2.46. The molecular weight excluding hydrogens is 357 g/mol. The van der Waals surface area contributed by atoms with E-state index in [1.807, 2.05) is 0 Å². The minimum Gasteiger partial charge on any atom is -0.476 e. The summed E-state index contributed by atoms with van der Waals surface area (Å²) in [5.41, 5.74) is 3.46. The molecule has 20 heavy (non-hydrogen) atoms. The number of halogens is 4. The van der Waals surface area contributed by atoms with Gasteiger partial charge in [-0.3, -0.25) is 0 Å². The van der Waals surface area contributed by atoms with Gasteiger partial charge in [0.25, 0.3) is 0 Å². The molecule has 0 saturated heterocycles. The SMILES string of the molecule is Nc1c(F)c(-c2ccc(Br)cc2F)nc(C(=O)O)c1Cl. The predicted octanol–water partition coefficient (Wildman–Crippen LogP) is 3.72. The monoisotopic (exact) mass is 362 g/mol. The number of aromatic carboxylic acids is 1. The predicted molar refractivity (Wildman–Crippen MR) is 73.7 cm³/mol. The lowest BCUT2D eigenvalue weighted by Gasteiger charge is -2.10. The first-order valence-electron chi connectivity index (χ1n) is 5.16. The van der Waals surface area contributed by atoms with Crippen molar-refractivity contribution in [2.45, 2.75) is 0 Å². The number of aromatic nitrogens is 1. The largest absolute Gasteiger partial charge is 0.476 e. The Morgan fingerprint density at radius 2 is 2.05 bits per heavy atom. The van der Waals surface area contributed by atoms with E-state index in [1.165, 1.54) is 12.1 Å². The van der Waals surface area contributed by atoms with Gasteiger partial charge in [0.1, 0.15) is 11.5 Å². The van der Waals surface area contributed by atoms with Crippen molar-refractivity contribution in [3.63, 3.8) is 0 Å². The average molecular weight is 364 g/mol. The van der Waals surface area contributed by atoms with E-state index in [0.29, 0.717) is 4.47 Å². The van der Waals surface area contributed by atoms with Gasteiger partial charge in [-0.1, -0.05) is 27.5 Å². The highest BCUT2D eigenvalue weighted by Crippen LogP contribution is 2.33. The number of anilines is 1. The highest BCUT2D eigenvalue weighted by molar-refractivity contribution is 9.10. The van der Waals surface area contributed by atoms with Gasteiger partial charge in [0.2, 0.25) is 0 Å². The molecule has 0 aliphatic heterocycles. The van der Waals surface area contributed by atoms with Gasteiger partial charge in [0.05, 0.1) is 10.7 Å². The lowest BCUT2D eigenvalue weighted by Crippen LogP contribution is -2.08. The van der Waals surface area contributed by atoms with E-state index in [-0.39, 0.29) is 5.56 Å². The van der Waals surface area contributed by atoms with Crippen LogP contribution in [-0.2, 0) is 0 Å². The number of nitrogens with zero attached hydrogens (tertiary/aromatic N) is 1. The van der Waals surface area contributed by atoms with E-state index in [1.54, 1.807) is 0 Å². The lowest BCUT2D eigenvalue weighted by molar-refractivity contribution is 0.0691. The lowest BCUT2D eigenvalue weighted by atomic mass is 10.1. The Hall–Kier alpha value is -1.73. The van der Waals surface area contributed by atoms with Crippen molar-refractivity contribution in [3.8, 4) is 11.3 Å². The molecule has 0 saturated carbocycles. The molecule has 1 aromatic heterocycles. The molecule has 0 amide bonds. The molecule has 2 aromatic rings. The van der Waals surface area contributed by atoms with Crippen molar-refractivity contribution in [1.82, 2.24) is 4.98 Å². The summed E-state index contributed by atoms with van der Waals surface area (Å²) in [5, 5.41) is 8.42. The van der Waals surface area contributed by atoms with Crippen LogP contribution >= 0.6 is 27.5 Å². The van der Waals surface area contributed by atoms with Crippen LogP contribution < -0.4 is 5.73 Å². The van der Waals surface area contributed by atoms with E-state index in [2.05, 4.69) is 20.9 Å². The van der Waals surface area contributed by atoms with Crippen LogP contribution in [0.15, 0.2) is 22.7 Å². The zero-order valence-corrected chi connectivity index (χ0v) is 12.0. The molecule has 0 radical (unpaired) electrons. The summed E-state index contributed by atoms with van der Waals surface area (Å²) in [5.74, 6) is -3.33. The fraction of sp³-hybridized carbons (Fsp3) is 0. The maximum absolute atomic E-state index is 14.0. The summed E-state index contributed by atoms with van der Waals surface area (Å²) in [6.45, 7) is 0. The smallest absolute Gasteiger partial charge is 0.356 e. The number of carboxylic acids is 1. The maximum atomic E-state index is 14.0. The van der Waals surface area contributed by atoms with Crippen LogP contribution in [0.1, 0.15) is 10.5 Å². The number of hydrogen-bond acceptors (Lipinski definition) is 3. The molecule has 0 atom stereocenters. The van der Waals surface area contributed by atoms with Crippen LogP contribution in [0.3, 0.4) is 0 Å². The quantitative estimate of drug-likeness (QED) is 0.852. The number of nitrogens with two attached hydrogens (primary N) is 1. The molecule has 0 unspecified atom stereocenters. The van der Waals surface area contributed by atoms with Gasteiger partial charge in [-0.05, 0) is 18.2 Å². The minimum absolute atomic E-state index is 0.212. The molecule has 8 heteroatoms. The maximum Gasteiger partial charge on any atom is 0.356 e. The van der Waals surface area contributed by atoms with Gasteiger partial charge < -0.3 is 10.8 Å². The molecule has 3 N–H and O–H groups in total. The van der Waals surface area contributed by atoms with Crippen molar-refractivity contribution in [3.05, 3.63) is 45.0 Å². The van der Waals surface area contributed by atoms with E-state index in [9.17, 15) is 13.6 Å². The van der Waals surface area contributed by atoms with Crippen molar-refractivity contribution in [1.29, 1.82) is 0 Å². The summed E-state index contributed by atoms with van der Waals surface area (Å²) in [6, 6.07) is 3.82. The van der Waals surface area contributed by atoms with Crippen LogP contribution in [0.2, 0.25) is 5.02 Å². The average Bonchev–Trinajstić information content (AvgIpc) is 2.37. The zero-order chi connectivity index (χ0) is 15.0. The second kappa shape index (κ2) is 5.34. The number of carboxylic acid groups (broad SMARTS) is 1. The van der Waals surface area contributed by atoms with Crippen LogP contribution in [0.25, 0.3) is 11.3 Å². The zero-order valence-electron chi connectivity index (χ0n) is 9.62. The highest BCUT2D eigenvalue weighted by atomic mass is 79.9. The van der Waals surface area contributed by atoms with E-state index >= 15 is 0 Å². The Morgan fingerprint density at radius 3 is 2.60 bits per heavy atom. The number of rotatable bonds is 2. The second-order valence-electron chi connectivity index (χ2n) is 3.78. The van der Waals surface area contributed by atoms with Crippen molar-refractivity contribution >= 4 is 39.2 Å². The molecule has 0 spiro atoms. The molecule has 4 nitrogen and oxygen atoms in total. The van der Waals surface area contributed by atoms with Gasteiger partial charge >= 0.3 is 5.97 Å². The van der Waals surface area contributed by atoms with E-state index < -0.39 is 39.7 Å². The minimum atomic E-state index is -1.49. The van der Waals surface area contributed by atoms with Gasteiger partial charge in [-0.15, -0.1) is 0 Å². The summed E-state index contributed by atoms with van der Waals surface area (Å²) in [4.78, 5) is 14.5. The Balaban J connectivity index is 2.77. The van der Waals surface area contributed by atoms with Crippen LogP contribution in [0, 0.1) is 11.6 Å². The fourth-order valence-corrected chi connectivity index (χ4v) is 2.10. The van der Waals surface area contributed by atoms with Gasteiger partial charge in [-0.2, -0.15) is 0 Å². The van der Waals surface area contributed by atoms with Gasteiger partial charge in [-0.25, -0.2) is 18.6 Å². The normalized spacial score (nSPS) is 10.6. The third-order valence-corrected chi connectivity index (χ3v) is 3.38. The Kier molecular flexibility index (Phi) is 3.92. The number of carbonyl (C=O) groups is 1. The summed E-state index contributed by atoms with van der Waals surface area (Å²) < 4.78 is 28.3. The van der Waals surface area contributed by atoms with Crippen LogP contribution in [0.5, 0.6) is 0 Å². The summed E-state index contributed by atoms with van der Waals surface area (Å²) in [7, 11) is 0. The van der Waals surface area contributed by atoms with Crippen molar-refractivity contribution in [2.24, 2.45) is 0 Å². The molecule has 2 rings (SSSR count). The number of pyridine rings is 1. The topological polar surface area (TPSA) is 76.2 Å². The highest BCUT2D eigenvalue weighted by Gasteiger charge is 2.23. The molecule has 0 fully saturated rings. The molecule has 0 aliphatic rings. The van der Waals surface area contributed by atoms with Crippen molar-refractivity contribution in [2.75, 3.05) is 5.73 Å². The molecule has 104 valence electrons. The first-order valence-corrected chi connectivity index (χ1v) is 6.33. The van der Waals surface area contributed by atoms with E-state index in [4.69, 9.17) is 22.4 Å². The Morgan fingerprint density at radius 1 is 1.40 bits per heavy atom. The summed E-state index contributed by atoms with van der Waals surface area (Å²) >= 11 is 8.67. The second-order valence-corrected chi connectivity index (χ2v) is 5.07. The van der Waals surface area contributed by atoms with Crippen molar-refractivity contribution < 1.29 is 18.7 Å². The molecule has 1 aromatic carbocycles. The molecular formula is C12H6BrClF2N2O2. The van der Waals surface area contributed by atoms with Gasteiger partial charge in [0, 0.05) is 10.0 Å². The molecule has 1 heterocycles. The molecule has 0 bridgehead atoms. The Labute approximate surface area is 125 Å². The number of hydrogen-bond donors (Lipinski definition) is 2. The number of nitrogen functional groups attached to an aromatic ring is 1. The first-order chi connectivity index (χ1) is 9.32.